The minimum atomic E-state index is 0. The van der Waals surface area contributed by atoms with Crippen molar-refractivity contribution in [2.75, 3.05) is 53.4 Å². The van der Waals surface area contributed by atoms with Gasteiger partial charge in [-0.2, -0.15) is 0 Å². The molecule has 0 spiro atoms. The van der Waals surface area contributed by atoms with Gasteiger partial charge in [-0.1, -0.05) is 30.3 Å². The molecule has 1 aromatic carbocycles. The second-order valence-electron chi connectivity index (χ2n) is 6.97. The molecule has 6 heteroatoms. The highest BCUT2D eigenvalue weighted by molar-refractivity contribution is 14.0. The average molecular weight is 458 g/mol. The van der Waals surface area contributed by atoms with Crippen LogP contribution in [0.5, 0.6) is 0 Å². The maximum Gasteiger partial charge on any atom is 0.193 e. The van der Waals surface area contributed by atoms with Gasteiger partial charge in [-0.05, 0) is 31.4 Å². The average Bonchev–Trinajstić information content (AvgIpc) is 3.05. The molecule has 3 rings (SSSR count). The molecule has 0 bridgehead atoms. The summed E-state index contributed by atoms with van der Waals surface area (Å²) in [5.41, 5.74) is 1.44. The van der Waals surface area contributed by atoms with E-state index in [1.807, 2.05) is 7.05 Å². The Morgan fingerprint density at radius 3 is 2.76 bits per heavy atom. The summed E-state index contributed by atoms with van der Waals surface area (Å²) in [6.07, 6.45) is 2.64. The molecule has 2 saturated heterocycles. The molecule has 0 saturated carbocycles. The summed E-state index contributed by atoms with van der Waals surface area (Å²) in [5, 5.41) is 3.51. The quantitative estimate of drug-likeness (QED) is 0.426. The van der Waals surface area contributed by atoms with Gasteiger partial charge in [0.15, 0.2) is 5.96 Å². The first-order valence-electron chi connectivity index (χ1n) is 9.04. The number of guanidine groups is 1. The molecule has 1 aromatic rings. The fourth-order valence-electron chi connectivity index (χ4n) is 3.67. The number of hydrogen-bond donors (Lipinski definition) is 1. The van der Waals surface area contributed by atoms with E-state index in [1.54, 1.807) is 0 Å². The fraction of sp³-hybridized carbons (Fsp3) is 0.632. The van der Waals surface area contributed by atoms with Gasteiger partial charge in [0, 0.05) is 39.8 Å². The highest BCUT2D eigenvalue weighted by atomic mass is 127. The summed E-state index contributed by atoms with van der Waals surface area (Å²) in [6.45, 7) is 5.84. The molecular weight excluding hydrogens is 427 g/mol. The number of ether oxygens (including phenoxy) is 1. The van der Waals surface area contributed by atoms with E-state index in [9.17, 15) is 0 Å². The number of hydrogen-bond acceptors (Lipinski definition) is 3. The van der Waals surface area contributed by atoms with Crippen LogP contribution >= 0.6 is 24.0 Å². The molecule has 2 heterocycles. The van der Waals surface area contributed by atoms with Crippen molar-refractivity contribution in [3.8, 4) is 0 Å². The molecule has 5 nitrogen and oxygen atoms in total. The second-order valence-corrected chi connectivity index (χ2v) is 6.97. The first-order chi connectivity index (χ1) is 11.7. The summed E-state index contributed by atoms with van der Waals surface area (Å²) in [7, 11) is 4.03. The van der Waals surface area contributed by atoms with Gasteiger partial charge in [-0.15, -0.1) is 24.0 Å². The third kappa shape index (κ3) is 6.11. The van der Waals surface area contributed by atoms with Crippen molar-refractivity contribution in [3.05, 3.63) is 35.9 Å². The van der Waals surface area contributed by atoms with Gasteiger partial charge in [-0.25, -0.2) is 0 Å². The van der Waals surface area contributed by atoms with Crippen molar-refractivity contribution in [2.24, 2.45) is 10.9 Å². The van der Waals surface area contributed by atoms with Crippen LogP contribution in [0.2, 0.25) is 0 Å². The summed E-state index contributed by atoms with van der Waals surface area (Å²) in [6, 6.07) is 10.8. The number of rotatable bonds is 4. The highest BCUT2D eigenvalue weighted by Crippen LogP contribution is 2.20. The predicted octanol–water partition coefficient (Wildman–Crippen LogP) is 2.08. The number of likely N-dealkylation sites (N-methyl/N-ethyl adjacent to an activating group) is 1. The number of morpholine rings is 1. The first kappa shape index (κ1) is 20.5. The number of likely N-dealkylation sites (tertiary alicyclic amines) is 1. The third-order valence-electron chi connectivity index (χ3n) is 4.99. The van der Waals surface area contributed by atoms with Crippen LogP contribution in [-0.4, -0.2) is 75.3 Å². The normalized spacial score (nSPS) is 24.9. The van der Waals surface area contributed by atoms with Gasteiger partial charge in [0.05, 0.1) is 12.7 Å². The van der Waals surface area contributed by atoms with Gasteiger partial charge >= 0.3 is 0 Å². The molecule has 2 fully saturated rings. The molecule has 25 heavy (non-hydrogen) atoms. The molecule has 140 valence electrons. The third-order valence-corrected chi connectivity index (χ3v) is 4.99. The van der Waals surface area contributed by atoms with Crippen LogP contribution in [0, 0.1) is 5.92 Å². The summed E-state index contributed by atoms with van der Waals surface area (Å²) >= 11 is 0. The second kappa shape index (κ2) is 10.3. The van der Waals surface area contributed by atoms with Crippen LogP contribution in [0.1, 0.15) is 12.0 Å². The standard InChI is InChI=1S/C19H30N4O.HI/c1-20-19(21-13-18-15-22(2)10-11-24-18)23-9-8-17(14-23)12-16-6-4-3-5-7-16;/h3-7,17-18H,8-15H2,1-2H3,(H,20,21);1H. The van der Waals surface area contributed by atoms with Gasteiger partial charge in [-0.3, -0.25) is 4.99 Å². The molecule has 1 N–H and O–H groups in total. The number of benzene rings is 1. The van der Waals surface area contributed by atoms with Crippen LogP contribution in [0.4, 0.5) is 0 Å². The molecule has 2 unspecified atom stereocenters. The number of nitrogens with zero attached hydrogens (tertiary/aromatic N) is 3. The molecule has 0 aliphatic carbocycles. The number of nitrogens with one attached hydrogen (secondary N) is 1. The summed E-state index contributed by atoms with van der Waals surface area (Å²) in [4.78, 5) is 9.19. The monoisotopic (exact) mass is 458 g/mol. The number of aliphatic imine (C=N–C) groups is 1. The molecule has 0 radical (unpaired) electrons. The van der Waals surface area contributed by atoms with E-state index < -0.39 is 0 Å². The Labute approximate surface area is 168 Å². The Hall–Kier alpha value is -0.860. The lowest BCUT2D eigenvalue weighted by Gasteiger charge is -2.31. The first-order valence-corrected chi connectivity index (χ1v) is 9.04. The van der Waals surface area contributed by atoms with Crippen LogP contribution in [0.25, 0.3) is 0 Å². The Morgan fingerprint density at radius 2 is 2.04 bits per heavy atom. The zero-order valence-electron chi connectivity index (χ0n) is 15.4. The molecule has 2 aliphatic heterocycles. The van der Waals surface area contributed by atoms with E-state index in [1.165, 1.54) is 12.0 Å². The van der Waals surface area contributed by atoms with E-state index in [2.05, 4.69) is 57.5 Å². The fourth-order valence-corrected chi connectivity index (χ4v) is 3.67. The van der Waals surface area contributed by atoms with Crippen molar-refractivity contribution in [1.82, 2.24) is 15.1 Å². The SMILES string of the molecule is CN=C(NCC1CN(C)CCO1)N1CCC(Cc2ccccc2)C1.I. The Morgan fingerprint density at radius 1 is 1.24 bits per heavy atom. The number of halogens is 1. The molecular formula is C19H31IN4O. The molecule has 2 atom stereocenters. The van der Waals surface area contributed by atoms with Gasteiger partial charge < -0.3 is 19.9 Å². The van der Waals surface area contributed by atoms with Crippen LogP contribution in [0.3, 0.4) is 0 Å². The lowest BCUT2D eigenvalue weighted by atomic mass is 9.99. The maximum atomic E-state index is 5.83. The van der Waals surface area contributed by atoms with Crippen molar-refractivity contribution >= 4 is 29.9 Å². The highest BCUT2D eigenvalue weighted by Gasteiger charge is 2.26. The van der Waals surface area contributed by atoms with E-state index in [4.69, 9.17) is 4.74 Å². The lowest BCUT2D eigenvalue weighted by Crippen LogP contribution is -2.49. The summed E-state index contributed by atoms with van der Waals surface area (Å²) in [5.74, 6) is 1.73. The van der Waals surface area contributed by atoms with Crippen molar-refractivity contribution < 1.29 is 4.74 Å². The van der Waals surface area contributed by atoms with E-state index in [-0.39, 0.29) is 30.1 Å². The molecule has 2 aliphatic rings. The van der Waals surface area contributed by atoms with Crippen molar-refractivity contribution in [3.63, 3.8) is 0 Å². The van der Waals surface area contributed by atoms with E-state index in [0.717, 1.165) is 51.7 Å². The summed E-state index contributed by atoms with van der Waals surface area (Å²) < 4.78 is 5.83. The van der Waals surface area contributed by atoms with Crippen molar-refractivity contribution in [1.29, 1.82) is 0 Å². The van der Waals surface area contributed by atoms with Crippen LogP contribution in [0.15, 0.2) is 35.3 Å². The largest absolute Gasteiger partial charge is 0.374 e. The topological polar surface area (TPSA) is 40.1 Å². The molecule has 0 aromatic heterocycles. The predicted molar refractivity (Wildman–Crippen MR) is 114 cm³/mol. The van der Waals surface area contributed by atoms with E-state index in [0.29, 0.717) is 5.92 Å². The Balaban J connectivity index is 0.00000225. The van der Waals surface area contributed by atoms with Gasteiger partial charge in [0.1, 0.15) is 0 Å². The van der Waals surface area contributed by atoms with E-state index >= 15 is 0 Å². The minimum Gasteiger partial charge on any atom is -0.374 e. The maximum absolute atomic E-state index is 5.83. The molecule has 0 amide bonds. The Bertz CT molecular complexity index is 539. The lowest BCUT2D eigenvalue weighted by molar-refractivity contribution is -0.0163. The van der Waals surface area contributed by atoms with Crippen LogP contribution < -0.4 is 5.32 Å². The van der Waals surface area contributed by atoms with Crippen LogP contribution in [-0.2, 0) is 11.2 Å². The smallest absolute Gasteiger partial charge is 0.193 e. The van der Waals surface area contributed by atoms with Crippen molar-refractivity contribution in [2.45, 2.75) is 18.9 Å². The zero-order chi connectivity index (χ0) is 16.8. The minimum absolute atomic E-state index is 0. The van der Waals surface area contributed by atoms with Gasteiger partial charge in [0.2, 0.25) is 0 Å². The van der Waals surface area contributed by atoms with Gasteiger partial charge in [0.25, 0.3) is 0 Å². The zero-order valence-corrected chi connectivity index (χ0v) is 17.7. The Kier molecular flexibility index (Phi) is 8.45.